The van der Waals surface area contributed by atoms with Crippen molar-refractivity contribution in [2.75, 3.05) is 33.5 Å². The minimum absolute atomic E-state index is 0.0494. The second kappa shape index (κ2) is 9.69. The van der Waals surface area contributed by atoms with Gasteiger partial charge in [0.1, 0.15) is 11.6 Å². The van der Waals surface area contributed by atoms with Gasteiger partial charge < -0.3 is 19.9 Å². The second-order valence-corrected chi connectivity index (χ2v) is 4.69. The Kier molecular flexibility index (Phi) is 8.18. The standard InChI is InChI=1S/C15H24FNO3/c1-12(14-6-5-13(18)11-15(14)16)17-7-3-4-8-20-10-9-19-2/h5-6,11-12,17-18H,3-4,7-10H2,1-2H3. The Hall–Kier alpha value is -1.17. The summed E-state index contributed by atoms with van der Waals surface area (Å²) in [6, 6.07) is 4.16. The van der Waals surface area contributed by atoms with Crippen LogP contribution in [0.2, 0.25) is 0 Å². The first-order valence-electron chi connectivity index (χ1n) is 6.93. The molecule has 0 saturated heterocycles. The number of unbranched alkanes of at least 4 members (excludes halogenated alkanes) is 1. The minimum Gasteiger partial charge on any atom is -0.508 e. The Labute approximate surface area is 119 Å². The molecule has 0 aromatic heterocycles. The van der Waals surface area contributed by atoms with Gasteiger partial charge in [0.2, 0.25) is 0 Å². The summed E-state index contributed by atoms with van der Waals surface area (Å²) < 4.78 is 23.9. The van der Waals surface area contributed by atoms with E-state index in [2.05, 4.69) is 5.32 Å². The first-order chi connectivity index (χ1) is 9.65. The number of rotatable bonds is 10. The Morgan fingerprint density at radius 2 is 2.05 bits per heavy atom. The van der Waals surface area contributed by atoms with Gasteiger partial charge in [0.15, 0.2) is 0 Å². The summed E-state index contributed by atoms with van der Waals surface area (Å²) in [4.78, 5) is 0. The number of nitrogens with one attached hydrogen (secondary N) is 1. The average Bonchev–Trinajstić information content (AvgIpc) is 2.41. The van der Waals surface area contributed by atoms with Crippen molar-refractivity contribution in [2.45, 2.75) is 25.8 Å². The zero-order valence-corrected chi connectivity index (χ0v) is 12.2. The summed E-state index contributed by atoms with van der Waals surface area (Å²) in [7, 11) is 1.65. The maximum Gasteiger partial charge on any atom is 0.131 e. The Morgan fingerprint density at radius 1 is 1.25 bits per heavy atom. The zero-order valence-electron chi connectivity index (χ0n) is 12.2. The summed E-state index contributed by atoms with van der Waals surface area (Å²) in [6.45, 7) is 4.67. The van der Waals surface area contributed by atoms with Gasteiger partial charge in [-0.1, -0.05) is 6.07 Å². The van der Waals surface area contributed by atoms with Crippen LogP contribution in [0, 0.1) is 5.82 Å². The van der Waals surface area contributed by atoms with Crippen LogP contribution in [-0.4, -0.2) is 38.6 Å². The molecule has 1 atom stereocenters. The number of hydrogen-bond acceptors (Lipinski definition) is 4. The van der Waals surface area contributed by atoms with E-state index in [9.17, 15) is 9.50 Å². The molecule has 1 aromatic carbocycles. The van der Waals surface area contributed by atoms with E-state index < -0.39 is 0 Å². The third kappa shape index (κ3) is 6.32. The number of phenols is 1. The number of aromatic hydroxyl groups is 1. The molecule has 5 heteroatoms. The fourth-order valence-corrected chi connectivity index (χ4v) is 1.87. The highest BCUT2D eigenvalue weighted by Crippen LogP contribution is 2.20. The molecule has 0 amide bonds. The molecule has 20 heavy (non-hydrogen) atoms. The van der Waals surface area contributed by atoms with Crippen LogP contribution in [0.3, 0.4) is 0 Å². The van der Waals surface area contributed by atoms with Gasteiger partial charge in [-0.15, -0.1) is 0 Å². The van der Waals surface area contributed by atoms with E-state index in [4.69, 9.17) is 9.47 Å². The molecule has 1 rings (SSSR count). The van der Waals surface area contributed by atoms with Gasteiger partial charge in [-0.05, 0) is 32.4 Å². The molecule has 0 spiro atoms. The van der Waals surface area contributed by atoms with Crippen LogP contribution >= 0.6 is 0 Å². The highest BCUT2D eigenvalue weighted by Gasteiger charge is 2.10. The molecule has 1 unspecified atom stereocenters. The second-order valence-electron chi connectivity index (χ2n) is 4.69. The molecule has 0 aliphatic rings. The van der Waals surface area contributed by atoms with Crippen LogP contribution in [0.15, 0.2) is 18.2 Å². The molecule has 114 valence electrons. The monoisotopic (exact) mass is 285 g/mol. The molecule has 0 saturated carbocycles. The molecule has 4 nitrogen and oxygen atoms in total. The summed E-state index contributed by atoms with van der Waals surface area (Å²) in [5, 5.41) is 12.4. The first-order valence-corrected chi connectivity index (χ1v) is 6.93. The molecule has 0 aliphatic carbocycles. The quantitative estimate of drug-likeness (QED) is 0.649. The summed E-state index contributed by atoms with van der Waals surface area (Å²) >= 11 is 0. The van der Waals surface area contributed by atoms with E-state index in [0.717, 1.165) is 25.5 Å². The van der Waals surface area contributed by atoms with E-state index in [1.54, 1.807) is 13.2 Å². The van der Waals surface area contributed by atoms with Crippen LogP contribution in [0.4, 0.5) is 4.39 Å². The van der Waals surface area contributed by atoms with Gasteiger partial charge >= 0.3 is 0 Å². The average molecular weight is 285 g/mol. The molecule has 1 aromatic rings. The third-order valence-electron chi connectivity index (χ3n) is 3.05. The van der Waals surface area contributed by atoms with Gasteiger partial charge in [0.05, 0.1) is 13.2 Å². The lowest BCUT2D eigenvalue weighted by Crippen LogP contribution is -2.21. The highest BCUT2D eigenvalue weighted by atomic mass is 19.1. The molecule has 2 N–H and O–H groups in total. The van der Waals surface area contributed by atoms with Crippen molar-refractivity contribution in [3.63, 3.8) is 0 Å². The van der Waals surface area contributed by atoms with E-state index in [-0.39, 0.29) is 17.6 Å². The van der Waals surface area contributed by atoms with Gasteiger partial charge in [0.25, 0.3) is 0 Å². The zero-order chi connectivity index (χ0) is 14.8. The molecule has 0 radical (unpaired) electrons. The summed E-state index contributed by atoms with van der Waals surface area (Å²) in [5.74, 6) is -0.431. The number of hydrogen-bond donors (Lipinski definition) is 2. The van der Waals surface area contributed by atoms with Crippen LogP contribution in [-0.2, 0) is 9.47 Å². The van der Waals surface area contributed by atoms with Crippen molar-refractivity contribution < 1.29 is 19.0 Å². The van der Waals surface area contributed by atoms with Gasteiger partial charge in [0, 0.05) is 31.4 Å². The number of benzene rings is 1. The van der Waals surface area contributed by atoms with E-state index in [1.165, 1.54) is 6.07 Å². The molecule has 0 bridgehead atoms. The summed E-state index contributed by atoms with van der Waals surface area (Å²) in [5.41, 5.74) is 0.569. The van der Waals surface area contributed by atoms with Crippen molar-refractivity contribution in [1.82, 2.24) is 5.32 Å². The summed E-state index contributed by atoms with van der Waals surface area (Å²) in [6.07, 6.45) is 1.93. The molecule has 0 aliphatic heterocycles. The van der Waals surface area contributed by atoms with Gasteiger partial charge in [-0.3, -0.25) is 0 Å². The molecule has 0 heterocycles. The lowest BCUT2D eigenvalue weighted by Gasteiger charge is -2.15. The normalized spacial score (nSPS) is 12.6. The maximum absolute atomic E-state index is 13.6. The number of methoxy groups -OCH3 is 1. The maximum atomic E-state index is 13.6. The Bertz CT molecular complexity index is 387. The predicted molar refractivity (Wildman–Crippen MR) is 76.4 cm³/mol. The lowest BCUT2D eigenvalue weighted by molar-refractivity contribution is 0.0687. The van der Waals surface area contributed by atoms with Crippen molar-refractivity contribution in [3.8, 4) is 5.75 Å². The number of phenolic OH excluding ortho intramolecular Hbond substituents is 1. The van der Waals surface area contributed by atoms with Crippen LogP contribution in [0.5, 0.6) is 5.75 Å². The number of ether oxygens (including phenoxy) is 2. The van der Waals surface area contributed by atoms with Crippen molar-refractivity contribution in [1.29, 1.82) is 0 Å². The fourth-order valence-electron chi connectivity index (χ4n) is 1.87. The Balaban J connectivity index is 2.15. The molecular weight excluding hydrogens is 261 g/mol. The first kappa shape index (κ1) is 16.9. The molecular formula is C15H24FNO3. The van der Waals surface area contributed by atoms with E-state index in [0.29, 0.717) is 25.4 Å². The Morgan fingerprint density at radius 3 is 2.75 bits per heavy atom. The molecule has 0 fully saturated rings. The van der Waals surface area contributed by atoms with Gasteiger partial charge in [-0.25, -0.2) is 4.39 Å². The minimum atomic E-state index is -0.382. The highest BCUT2D eigenvalue weighted by molar-refractivity contribution is 5.29. The number of halogens is 1. The van der Waals surface area contributed by atoms with Gasteiger partial charge in [-0.2, -0.15) is 0 Å². The van der Waals surface area contributed by atoms with Crippen molar-refractivity contribution in [2.24, 2.45) is 0 Å². The van der Waals surface area contributed by atoms with Crippen molar-refractivity contribution >= 4 is 0 Å². The van der Waals surface area contributed by atoms with Crippen LogP contribution < -0.4 is 5.32 Å². The van der Waals surface area contributed by atoms with Crippen LogP contribution in [0.1, 0.15) is 31.4 Å². The fraction of sp³-hybridized carbons (Fsp3) is 0.600. The van der Waals surface area contributed by atoms with Crippen molar-refractivity contribution in [3.05, 3.63) is 29.6 Å². The predicted octanol–water partition coefficient (Wildman–Crippen LogP) is 2.63. The third-order valence-corrected chi connectivity index (χ3v) is 3.05. The SMILES string of the molecule is COCCOCCCCNC(C)c1ccc(O)cc1F. The largest absolute Gasteiger partial charge is 0.508 e. The topological polar surface area (TPSA) is 50.7 Å². The smallest absolute Gasteiger partial charge is 0.131 e. The lowest BCUT2D eigenvalue weighted by atomic mass is 10.1. The van der Waals surface area contributed by atoms with Crippen LogP contribution in [0.25, 0.3) is 0 Å². The van der Waals surface area contributed by atoms with E-state index in [1.807, 2.05) is 6.92 Å². The van der Waals surface area contributed by atoms with E-state index >= 15 is 0 Å².